The van der Waals surface area contributed by atoms with E-state index in [1.54, 1.807) is 19.1 Å². The molecular weight excluding hydrogens is 396 g/mol. The monoisotopic (exact) mass is 417 g/mol. The third kappa shape index (κ3) is 3.81. The number of aryl methyl sites for hydroxylation is 1. The van der Waals surface area contributed by atoms with Crippen LogP contribution < -0.4 is 25.5 Å². The van der Waals surface area contributed by atoms with Crippen molar-refractivity contribution in [2.45, 2.75) is 13.3 Å². The van der Waals surface area contributed by atoms with Gasteiger partial charge in [0.1, 0.15) is 5.75 Å². The molecule has 1 aliphatic heterocycles. The lowest BCUT2D eigenvalue weighted by atomic mass is 10.1. The van der Waals surface area contributed by atoms with Crippen molar-refractivity contribution in [3.8, 4) is 17.0 Å². The second kappa shape index (κ2) is 7.72. The molecular formula is C22H21N4O3Si. The summed E-state index contributed by atoms with van der Waals surface area (Å²) in [5, 5.41) is 16.6. The fraction of sp³-hybridized carbons (Fsp3) is 0.182. The number of anilines is 3. The second-order valence-corrected chi connectivity index (χ2v) is 7.83. The molecule has 30 heavy (non-hydrogen) atoms. The van der Waals surface area contributed by atoms with E-state index in [2.05, 4.69) is 26.9 Å². The van der Waals surface area contributed by atoms with Crippen LogP contribution in [0.5, 0.6) is 5.75 Å². The SMILES string of the molecule is Cc1ccc(OC2Nc3cc([Si])c(-c4cccc(N(C)C)c4)nc3N2)cc1C(=O)O. The summed E-state index contributed by atoms with van der Waals surface area (Å²) in [4.78, 5) is 18.2. The molecule has 3 N–H and O–H groups in total. The highest BCUT2D eigenvalue weighted by Gasteiger charge is 2.24. The molecule has 0 saturated carbocycles. The Morgan fingerprint density at radius 1 is 1.17 bits per heavy atom. The van der Waals surface area contributed by atoms with Crippen LogP contribution in [0.15, 0.2) is 48.5 Å². The lowest BCUT2D eigenvalue weighted by Gasteiger charge is -2.15. The van der Waals surface area contributed by atoms with Crippen LogP contribution in [0.3, 0.4) is 0 Å². The van der Waals surface area contributed by atoms with E-state index in [0.717, 1.165) is 27.8 Å². The smallest absolute Gasteiger partial charge is 0.336 e. The molecule has 1 aromatic heterocycles. The minimum absolute atomic E-state index is 0.214. The fourth-order valence-corrected chi connectivity index (χ4v) is 3.63. The van der Waals surface area contributed by atoms with Crippen molar-refractivity contribution in [3.63, 3.8) is 0 Å². The van der Waals surface area contributed by atoms with E-state index in [-0.39, 0.29) is 5.56 Å². The van der Waals surface area contributed by atoms with Gasteiger partial charge in [-0.3, -0.25) is 0 Å². The van der Waals surface area contributed by atoms with Crippen molar-refractivity contribution in [2.75, 3.05) is 29.6 Å². The molecule has 7 nitrogen and oxygen atoms in total. The molecule has 1 atom stereocenters. The number of carboxylic acids is 1. The molecule has 0 amide bonds. The quantitative estimate of drug-likeness (QED) is 0.550. The number of hydrogen-bond acceptors (Lipinski definition) is 6. The number of benzene rings is 2. The third-order valence-corrected chi connectivity index (χ3v) is 5.29. The Morgan fingerprint density at radius 2 is 1.97 bits per heavy atom. The Hall–Kier alpha value is -3.52. The lowest BCUT2D eigenvalue weighted by molar-refractivity contribution is 0.0695. The maximum atomic E-state index is 11.4. The molecule has 1 unspecified atom stereocenters. The van der Waals surface area contributed by atoms with Gasteiger partial charge in [-0.1, -0.05) is 18.2 Å². The van der Waals surface area contributed by atoms with Crippen LogP contribution in [0.4, 0.5) is 17.2 Å². The van der Waals surface area contributed by atoms with Crippen LogP contribution in [-0.4, -0.2) is 46.7 Å². The summed E-state index contributed by atoms with van der Waals surface area (Å²) in [7, 11) is 7.67. The lowest BCUT2D eigenvalue weighted by Crippen LogP contribution is -2.29. The standard InChI is InChI=1S/C22H21N4O3Si/c1-12-7-8-15(10-16(12)21(27)28)29-22-23-17-11-18(30)19(24-20(17)25-22)13-5-4-6-14(9-13)26(2)3/h4-11,22-23H,1-3H3,(H,24,25)(H,27,28). The average Bonchev–Trinajstić information content (AvgIpc) is 3.09. The molecule has 0 spiro atoms. The van der Waals surface area contributed by atoms with Gasteiger partial charge in [-0.05, 0) is 48.0 Å². The number of nitrogens with zero attached hydrogens (tertiary/aromatic N) is 2. The molecule has 0 saturated heterocycles. The zero-order chi connectivity index (χ0) is 21.4. The van der Waals surface area contributed by atoms with E-state index in [4.69, 9.17) is 9.72 Å². The van der Waals surface area contributed by atoms with Gasteiger partial charge in [0.25, 0.3) is 0 Å². The highest BCUT2D eigenvalue weighted by Crippen LogP contribution is 2.31. The fourth-order valence-electron chi connectivity index (χ4n) is 3.29. The van der Waals surface area contributed by atoms with Crippen LogP contribution >= 0.6 is 0 Å². The van der Waals surface area contributed by atoms with Gasteiger partial charge < -0.3 is 25.4 Å². The maximum Gasteiger partial charge on any atom is 0.336 e. The van der Waals surface area contributed by atoms with Crippen molar-refractivity contribution in [1.82, 2.24) is 4.98 Å². The number of aromatic nitrogens is 1. The molecule has 0 aliphatic carbocycles. The minimum atomic E-state index is -0.983. The summed E-state index contributed by atoms with van der Waals surface area (Å²) in [6, 6.07) is 15.1. The summed E-state index contributed by atoms with van der Waals surface area (Å²) < 4.78 is 5.89. The second-order valence-electron chi connectivity index (χ2n) is 7.29. The first kappa shape index (κ1) is 19.8. The van der Waals surface area contributed by atoms with Crippen LogP contribution in [0.25, 0.3) is 11.3 Å². The number of carboxylic acid groups (broad SMARTS) is 1. The van der Waals surface area contributed by atoms with Crippen LogP contribution in [-0.2, 0) is 0 Å². The molecule has 2 aromatic carbocycles. The minimum Gasteiger partial charge on any atom is -0.478 e. The van der Waals surface area contributed by atoms with Gasteiger partial charge in [-0.15, -0.1) is 0 Å². The summed E-state index contributed by atoms with van der Waals surface area (Å²) in [5.41, 5.74) is 4.58. The maximum absolute atomic E-state index is 11.4. The highest BCUT2D eigenvalue weighted by atomic mass is 28.1. The molecule has 0 fully saturated rings. The first-order chi connectivity index (χ1) is 14.3. The highest BCUT2D eigenvalue weighted by molar-refractivity contribution is 6.36. The van der Waals surface area contributed by atoms with E-state index in [1.807, 2.05) is 43.3 Å². The van der Waals surface area contributed by atoms with Gasteiger partial charge in [0.05, 0.1) is 27.2 Å². The summed E-state index contributed by atoms with van der Waals surface area (Å²) in [6.45, 7) is 1.75. The molecule has 151 valence electrons. The van der Waals surface area contributed by atoms with Gasteiger partial charge in [0.15, 0.2) is 5.82 Å². The molecule has 8 heteroatoms. The average molecular weight is 418 g/mol. The number of carbonyl (C=O) groups is 1. The molecule has 2 heterocycles. The number of rotatable bonds is 5. The Labute approximate surface area is 178 Å². The predicted molar refractivity (Wildman–Crippen MR) is 119 cm³/mol. The van der Waals surface area contributed by atoms with E-state index >= 15 is 0 Å². The summed E-state index contributed by atoms with van der Waals surface area (Å²) in [5.74, 6) is 0.134. The van der Waals surface area contributed by atoms with Crippen molar-refractivity contribution >= 4 is 38.6 Å². The van der Waals surface area contributed by atoms with Crippen LogP contribution in [0.2, 0.25) is 0 Å². The third-order valence-electron chi connectivity index (χ3n) is 4.91. The molecule has 3 aromatic rings. The van der Waals surface area contributed by atoms with Gasteiger partial charge in [0, 0.05) is 25.3 Å². The summed E-state index contributed by atoms with van der Waals surface area (Å²) in [6.07, 6.45) is -0.564. The molecule has 3 radical (unpaired) electrons. The van der Waals surface area contributed by atoms with E-state index in [1.165, 1.54) is 6.07 Å². The predicted octanol–water partition coefficient (Wildman–Crippen LogP) is 2.82. The van der Waals surface area contributed by atoms with Crippen molar-refractivity contribution in [2.24, 2.45) is 0 Å². The van der Waals surface area contributed by atoms with Gasteiger partial charge in [-0.2, -0.15) is 0 Å². The number of pyridine rings is 1. The van der Waals surface area contributed by atoms with E-state index in [0.29, 0.717) is 17.1 Å². The topological polar surface area (TPSA) is 86.7 Å². The van der Waals surface area contributed by atoms with Crippen molar-refractivity contribution in [3.05, 3.63) is 59.7 Å². The Kier molecular flexibility index (Phi) is 5.09. The van der Waals surface area contributed by atoms with E-state index in [9.17, 15) is 9.90 Å². The normalized spacial score (nSPS) is 14.5. The number of nitrogens with one attached hydrogen (secondary N) is 2. The largest absolute Gasteiger partial charge is 0.478 e. The Balaban J connectivity index is 1.57. The van der Waals surface area contributed by atoms with Crippen LogP contribution in [0, 0.1) is 6.92 Å². The Bertz CT molecular complexity index is 1130. The van der Waals surface area contributed by atoms with E-state index < -0.39 is 12.3 Å². The number of hydrogen-bond donors (Lipinski definition) is 3. The number of aromatic carboxylic acids is 1. The molecule has 4 rings (SSSR count). The van der Waals surface area contributed by atoms with Gasteiger partial charge in [-0.25, -0.2) is 9.78 Å². The zero-order valence-electron chi connectivity index (χ0n) is 16.9. The number of fused-ring (bicyclic) bond motifs is 1. The first-order valence-electron chi connectivity index (χ1n) is 9.40. The zero-order valence-corrected chi connectivity index (χ0v) is 17.9. The van der Waals surface area contributed by atoms with Crippen molar-refractivity contribution in [1.29, 1.82) is 0 Å². The first-order valence-corrected chi connectivity index (χ1v) is 9.90. The molecule has 0 bridgehead atoms. The van der Waals surface area contributed by atoms with Crippen LogP contribution in [0.1, 0.15) is 15.9 Å². The number of ether oxygens (including phenoxy) is 1. The Morgan fingerprint density at radius 3 is 2.70 bits per heavy atom. The van der Waals surface area contributed by atoms with Gasteiger partial charge in [0.2, 0.25) is 6.35 Å². The van der Waals surface area contributed by atoms with Gasteiger partial charge >= 0.3 is 5.97 Å². The van der Waals surface area contributed by atoms with Crippen molar-refractivity contribution < 1.29 is 14.6 Å². The molecule has 1 aliphatic rings. The summed E-state index contributed by atoms with van der Waals surface area (Å²) >= 11 is 0.